The number of rotatable bonds is 3. The van der Waals surface area contributed by atoms with E-state index in [0.717, 1.165) is 5.56 Å². The first-order valence-corrected chi connectivity index (χ1v) is 8.96. The molecule has 0 aliphatic carbocycles. The summed E-state index contributed by atoms with van der Waals surface area (Å²) in [5.41, 5.74) is 2.03. The molecule has 0 saturated carbocycles. The lowest BCUT2D eigenvalue weighted by Crippen LogP contribution is -2.31. The number of sulfonamides is 1. The smallest absolute Gasteiger partial charge is 0.265 e. The van der Waals surface area contributed by atoms with Crippen molar-refractivity contribution >= 4 is 27.5 Å². The van der Waals surface area contributed by atoms with Crippen LogP contribution in [0.15, 0.2) is 41.3 Å². The number of aryl methyl sites for hydroxylation is 2. The summed E-state index contributed by atoms with van der Waals surface area (Å²) >= 11 is 0. The van der Waals surface area contributed by atoms with Crippen LogP contribution in [0, 0.1) is 13.8 Å². The van der Waals surface area contributed by atoms with E-state index in [1.165, 1.54) is 24.3 Å². The van der Waals surface area contributed by atoms with Gasteiger partial charge in [-0.1, -0.05) is 17.7 Å². The van der Waals surface area contributed by atoms with Crippen molar-refractivity contribution in [3.63, 3.8) is 0 Å². The van der Waals surface area contributed by atoms with Crippen LogP contribution in [0.5, 0.6) is 5.75 Å². The molecule has 0 unspecified atom stereocenters. The van der Waals surface area contributed by atoms with E-state index in [-0.39, 0.29) is 23.0 Å². The Kier molecular flexibility index (Phi) is 4.22. The second-order valence-corrected chi connectivity index (χ2v) is 7.40. The summed E-state index contributed by atoms with van der Waals surface area (Å²) in [5.74, 6) is -0.749. The Balaban J connectivity index is 1.85. The number of benzene rings is 2. The van der Waals surface area contributed by atoms with Gasteiger partial charge in [0, 0.05) is 5.56 Å². The summed E-state index contributed by atoms with van der Waals surface area (Å²) in [4.78, 5) is 23.6. The molecule has 2 aromatic rings. The van der Waals surface area contributed by atoms with Crippen molar-refractivity contribution in [3.05, 3.63) is 53.1 Å². The number of hydrogen-bond donors (Lipinski definition) is 2. The van der Waals surface area contributed by atoms with Gasteiger partial charge in [-0.05, 0) is 43.7 Å². The lowest BCUT2D eigenvalue weighted by Gasteiger charge is -2.18. The van der Waals surface area contributed by atoms with Gasteiger partial charge in [0.1, 0.15) is 5.75 Å². The molecular formula is C17H16N2O5S. The number of hydrogen-bond acceptors (Lipinski definition) is 5. The van der Waals surface area contributed by atoms with Crippen molar-refractivity contribution in [2.24, 2.45) is 0 Å². The number of nitrogens with one attached hydrogen (secondary N) is 2. The first-order valence-electron chi connectivity index (χ1n) is 7.47. The average molecular weight is 360 g/mol. The SMILES string of the molecule is Cc1ccc(S(=O)(=O)NC(=O)c2ccc3c(c2)OCC(=O)N3)c(C)c1. The first kappa shape index (κ1) is 17.0. The monoisotopic (exact) mass is 360 g/mol. The predicted octanol–water partition coefficient (Wildman–Crippen LogP) is 1.75. The van der Waals surface area contributed by atoms with Crippen molar-refractivity contribution < 1.29 is 22.7 Å². The third-order valence-electron chi connectivity index (χ3n) is 3.72. The summed E-state index contributed by atoms with van der Waals surface area (Å²) in [5, 5.41) is 2.60. The summed E-state index contributed by atoms with van der Waals surface area (Å²) in [6.07, 6.45) is 0. The molecular weight excluding hydrogens is 344 g/mol. The van der Waals surface area contributed by atoms with Gasteiger partial charge >= 0.3 is 0 Å². The van der Waals surface area contributed by atoms with Crippen molar-refractivity contribution in [3.8, 4) is 5.75 Å². The number of amides is 2. The molecule has 7 nitrogen and oxygen atoms in total. The Hall–Kier alpha value is -2.87. The Bertz CT molecular complexity index is 983. The highest BCUT2D eigenvalue weighted by atomic mass is 32.2. The number of fused-ring (bicyclic) bond motifs is 1. The Labute approximate surface area is 145 Å². The molecule has 2 aromatic carbocycles. The van der Waals surface area contributed by atoms with Gasteiger partial charge in [0.15, 0.2) is 6.61 Å². The van der Waals surface area contributed by atoms with Crippen LogP contribution in [0.4, 0.5) is 5.69 Å². The standard InChI is InChI=1S/C17H16N2O5S/c1-10-3-6-15(11(2)7-10)25(22,23)19-17(21)12-4-5-13-14(8-12)24-9-16(20)18-13/h3-8H,9H2,1-2H3,(H,18,20)(H,19,21). The molecule has 0 fully saturated rings. The van der Waals surface area contributed by atoms with E-state index in [1.54, 1.807) is 19.1 Å². The molecule has 1 heterocycles. The fourth-order valence-electron chi connectivity index (χ4n) is 2.55. The topological polar surface area (TPSA) is 102 Å². The van der Waals surface area contributed by atoms with Crippen LogP contribution in [-0.4, -0.2) is 26.8 Å². The van der Waals surface area contributed by atoms with Gasteiger partial charge in [0.2, 0.25) is 0 Å². The number of ether oxygens (including phenoxy) is 1. The molecule has 0 spiro atoms. The molecule has 8 heteroatoms. The second-order valence-electron chi connectivity index (χ2n) is 5.75. The number of carbonyl (C=O) groups is 2. The molecule has 1 aliphatic heterocycles. The minimum atomic E-state index is -4.00. The molecule has 1 aliphatic rings. The van der Waals surface area contributed by atoms with Crippen molar-refractivity contribution in [2.45, 2.75) is 18.7 Å². The zero-order chi connectivity index (χ0) is 18.2. The second kappa shape index (κ2) is 6.21. The first-order chi connectivity index (χ1) is 11.8. The summed E-state index contributed by atoms with van der Waals surface area (Å²) in [6.45, 7) is 3.37. The van der Waals surface area contributed by atoms with Gasteiger partial charge in [0.25, 0.3) is 21.8 Å². The summed E-state index contributed by atoms with van der Waals surface area (Å²) < 4.78 is 32.2. The summed E-state index contributed by atoms with van der Waals surface area (Å²) in [7, 11) is -4.00. The Morgan fingerprint density at radius 2 is 1.92 bits per heavy atom. The molecule has 3 rings (SSSR count). The van der Waals surface area contributed by atoms with E-state index >= 15 is 0 Å². The van der Waals surface area contributed by atoms with Crippen LogP contribution in [-0.2, 0) is 14.8 Å². The van der Waals surface area contributed by atoms with Crippen molar-refractivity contribution in [2.75, 3.05) is 11.9 Å². The lowest BCUT2D eigenvalue weighted by atomic mass is 10.1. The van der Waals surface area contributed by atoms with E-state index in [9.17, 15) is 18.0 Å². The van der Waals surface area contributed by atoms with Crippen molar-refractivity contribution in [1.29, 1.82) is 0 Å². The number of anilines is 1. The normalized spacial score (nSPS) is 13.4. The van der Waals surface area contributed by atoms with Crippen LogP contribution >= 0.6 is 0 Å². The summed E-state index contributed by atoms with van der Waals surface area (Å²) in [6, 6.07) is 9.16. The van der Waals surface area contributed by atoms with E-state index in [2.05, 4.69) is 10.0 Å². The fraction of sp³-hybridized carbons (Fsp3) is 0.176. The minimum absolute atomic E-state index is 0.0490. The molecule has 25 heavy (non-hydrogen) atoms. The van der Waals surface area contributed by atoms with Gasteiger partial charge < -0.3 is 10.1 Å². The van der Waals surface area contributed by atoms with Crippen LogP contribution in [0.2, 0.25) is 0 Å². The Morgan fingerprint density at radius 1 is 1.16 bits per heavy atom. The van der Waals surface area contributed by atoms with Gasteiger partial charge in [-0.15, -0.1) is 0 Å². The highest BCUT2D eigenvalue weighted by Crippen LogP contribution is 2.28. The zero-order valence-electron chi connectivity index (χ0n) is 13.6. The fourth-order valence-corrected chi connectivity index (χ4v) is 3.75. The van der Waals surface area contributed by atoms with E-state index in [4.69, 9.17) is 4.74 Å². The van der Waals surface area contributed by atoms with Crippen LogP contribution < -0.4 is 14.8 Å². The van der Waals surface area contributed by atoms with E-state index < -0.39 is 15.9 Å². The largest absolute Gasteiger partial charge is 0.482 e. The third kappa shape index (κ3) is 3.48. The molecule has 0 bridgehead atoms. The van der Waals surface area contributed by atoms with Gasteiger partial charge in [0.05, 0.1) is 10.6 Å². The van der Waals surface area contributed by atoms with Crippen LogP contribution in [0.25, 0.3) is 0 Å². The number of carbonyl (C=O) groups excluding carboxylic acids is 2. The highest BCUT2D eigenvalue weighted by Gasteiger charge is 2.23. The maximum Gasteiger partial charge on any atom is 0.265 e. The van der Waals surface area contributed by atoms with Gasteiger partial charge in [-0.3, -0.25) is 9.59 Å². The predicted molar refractivity (Wildman–Crippen MR) is 91.1 cm³/mol. The molecule has 0 atom stereocenters. The highest BCUT2D eigenvalue weighted by molar-refractivity contribution is 7.90. The zero-order valence-corrected chi connectivity index (χ0v) is 14.4. The maximum absolute atomic E-state index is 12.5. The lowest BCUT2D eigenvalue weighted by molar-refractivity contribution is -0.118. The minimum Gasteiger partial charge on any atom is -0.482 e. The third-order valence-corrected chi connectivity index (χ3v) is 5.21. The van der Waals surface area contributed by atoms with E-state index in [1.807, 2.05) is 6.92 Å². The van der Waals surface area contributed by atoms with Gasteiger partial charge in [-0.2, -0.15) is 0 Å². The molecule has 2 N–H and O–H groups in total. The quantitative estimate of drug-likeness (QED) is 0.868. The molecule has 0 saturated heterocycles. The van der Waals surface area contributed by atoms with Gasteiger partial charge in [-0.25, -0.2) is 13.1 Å². The molecule has 0 radical (unpaired) electrons. The molecule has 130 valence electrons. The molecule has 2 amide bonds. The van der Waals surface area contributed by atoms with E-state index in [0.29, 0.717) is 17.0 Å². The van der Waals surface area contributed by atoms with Crippen molar-refractivity contribution in [1.82, 2.24) is 4.72 Å². The van der Waals surface area contributed by atoms with Crippen LogP contribution in [0.1, 0.15) is 21.5 Å². The van der Waals surface area contributed by atoms with Crippen LogP contribution in [0.3, 0.4) is 0 Å². The Morgan fingerprint density at radius 3 is 2.64 bits per heavy atom. The maximum atomic E-state index is 12.5. The average Bonchev–Trinajstić information content (AvgIpc) is 2.53. The molecule has 0 aromatic heterocycles.